The number of likely N-dealkylation sites (N-methyl/N-ethyl adjacent to an activating group) is 1. The van der Waals surface area contributed by atoms with Crippen LogP contribution in [0.4, 0.5) is 0 Å². The molecule has 4 nitrogen and oxygen atoms in total. The molecule has 0 bridgehead atoms. The van der Waals surface area contributed by atoms with Crippen molar-refractivity contribution < 1.29 is 9.53 Å². The van der Waals surface area contributed by atoms with E-state index in [9.17, 15) is 4.79 Å². The number of nitrogens with two attached hydrogens (primary N) is 1. The third-order valence-corrected chi connectivity index (χ3v) is 2.50. The fourth-order valence-corrected chi connectivity index (χ4v) is 1.72. The molecule has 92 valence electrons. The quantitative estimate of drug-likeness (QED) is 0.848. The molecule has 1 aromatic carbocycles. The predicted octanol–water partition coefficient (Wildman–Crippen LogP) is 1.71. The molecular formula is C11H13ClN2O2S. The summed E-state index contributed by atoms with van der Waals surface area (Å²) in [7, 11) is 3.11. The number of carbonyl (C=O) groups excluding carboxylic acids is 1. The smallest absolute Gasteiger partial charge is 0.257 e. The van der Waals surface area contributed by atoms with Gasteiger partial charge in [0.15, 0.2) is 0 Å². The molecule has 0 aliphatic rings. The van der Waals surface area contributed by atoms with Gasteiger partial charge in [0.2, 0.25) is 0 Å². The summed E-state index contributed by atoms with van der Waals surface area (Å²) in [6.07, 6.45) is 0. The zero-order valence-corrected chi connectivity index (χ0v) is 11.1. The molecule has 6 heteroatoms. The SMILES string of the molecule is COc1ccc(Cl)cc1C(=O)N(C)CC(N)=S. The second-order valence-electron chi connectivity index (χ2n) is 3.47. The third kappa shape index (κ3) is 3.57. The zero-order valence-electron chi connectivity index (χ0n) is 9.57. The number of thiocarbonyl (C=S) groups is 1. The van der Waals surface area contributed by atoms with Crippen LogP contribution in [0.25, 0.3) is 0 Å². The van der Waals surface area contributed by atoms with Crippen molar-refractivity contribution in [3.63, 3.8) is 0 Å². The predicted molar refractivity (Wildman–Crippen MR) is 71.7 cm³/mol. The molecule has 0 atom stereocenters. The number of nitrogens with zero attached hydrogens (tertiary/aromatic N) is 1. The number of halogens is 1. The van der Waals surface area contributed by atoms with Gasteiger partial charge in [-0.25, -0.2) is 0 Å². The largest absolute Gasteiger partial charge is 0.496 e. The van der Waals surface area contributed by atoms with Crippen molar-refractivity contribution in [2.75, 3.05) is 20.7 Å². The minimum absolute atomic E-state index is 0.212. The molecule has 0 saturated carbocycles. The van der Waals surface area contributed by atoms with Gasteiger partial charge in [-0.05, 0) is 18.2 Å². The lowest BCUT2D eigenvalue weighted by Gasteiger charge is -2.18. The number of ether oxygens (including phenoxy) is 1. The summed E-state index contributed by atoms with van der Waals surface area (Å²) in [4.78, 5) is 13.7. The van der Waals surface area contributed by atoms with Crippen LogP contribution in [-0.4, -0.2) is 36.5 Å². The van der Waals surface area contributed by atoms with E-state index in [1.54, 1.807) is 25.2 Å². The first kappa shape index (κ1) is 13.7. The van der Waals surface area contributed by atoms with Gasteiger partial charge in [-0.2, -0.15) is 0 Å². The normalized spacial score (nSPS) is 9.82. The first-order valence-corrected chi connectivity index (χ1v) is 5.61. The fourth-order valence-electron chi connectivity index (χ4n) is 1.36. The summed E-state index contributed by atoms with van der Waals surface area (Å²) < 4.78 is 5.11. The zero-order chi connectivity index (χ0) is 13.0. The minimum Gasteiger partial charge on any atom is -0.496 e. The van der Waals surface area contributed by atoms with Crippen LogP contribution in [0.2, 0.25) is 5.02 Å². The van der Waals surface area contributed by atoms with E-state index in [2.05, 4.69) is 0 Å². The number of hydrogen-bond acceptors (Lipinski definition) is 3. The lowest BCUT2D eigenvalue weighted by molar-refractivity contribution is 0.0812. The van der Waals surface area contributed by atoms with E-state index in [0.29, 0.717) is 16.3 Å². The molecule has 0 heterocycles. The highest BCUT2D eigenvalue weighted by atomic mass is 35.5. The molecule has 0 aliphatic carbocycles. The highest BCUT2D eigenvalue weighted by Crippen LogP contribution is 2.23. The molecule has 1 amide bonds. The van der Waals surface area contributed by atoms with Crippen LogP contribution < -0.4 is 10.5 Å². The van der Waals surface area contributed by atoms with E-state index in [-0.39, 0.29) is 17.4 Å². The van der Waals surface area contributed by atoms with Crippen molar-refractivity contribution >= 4 is 34.7 Å². The molecule has 0 unspecified atom stereocenters. The Morgan fingerprint density at radius 2 is 2.24 bits per heavy atom. The Balaban J connectivity index is 3.02. The van der Waals surface area contributed by atoms with E-state index in [0.717, 1.165) is 0 Å². The Morgan fingerprint density at radius 1 is 1.59 bits per heavy atom. The number of hydrogen-bond donors (Lipinski definition) is 1. The lowest BCUT2D eigenvalue weighted by Crippen LogP contribution is -2.34. The lowest BCUT2D eigenvalue weighted by atomic mass is 10.1. The Hall–Kier alpha value is -1.33. The first-order chi connectivity index (χ1) is 7.95. The first-order valence-electron chi connectivity index (χ1n) is 4.83. The third-order valence-electron chi connectivity index (χ3n) is 2.13. The number of benzene rings is 1. The van der Waals surface area contributed by atoms with Crippen LogP contribution in [-0.2, 0) is 0 Å². The molecule has 17 heavy (non-hydrogen) atoms. The molecule has 0 saturated heterocycles. The van der Waals surface area contributed by atoms with Crippen LogP contribution in [0.15, 0.2) is 18.2 Å². The Morgan fingerprint density at radius 3 is 2.76 bits per heavy atom. The van der Waals surface area contributed by atoms with Gasteiger partial charge in [0, 0.05) is 12.1 Å². The highest BCUT2D eigenvalue weighted by molar-refractivity contribution is 7.80. The molecule has 0 spiro atoms. The molecule has 0 aromatic heterocycles. The molecule has 0 fully saturated rings. The summed E-state index contributed by atoms with van der Waals surface area (Å²) in [6.45, 7) is 0.212. The van der Waals surface area contributed by atoms with E-state index >= 15 is 0 Å². The topological polar surface area (TPSA) is 55.6 Å². The number of rotatable bonds is 4. The van der Waals surface area contributed by atoms with E-state index in [4.69, 9.17) is 34.3 Å². The number of carbonyl (C=O) groups is 1. The summed E-state index contributed by atoms with van der Waals surface area (Å²) >= 11 is 10.6. The van der Waals surface area contributed by atoms with Crippen LogP contribution >= 0.6 is 23.8 Å². The van der Waals surface area contributed by atoms with Crippen molar-refractivity contribution in [3.05, 3.63) is 28.8 Å². The van der Waals surface area contributed by atoms with Gasteiger partial charge in [0.05, 0.1) is 24.2 Å². The molecular weight excluding hydrogens is 260 g/mol. The van der Waals surface area contributed by atoms with E-state index in [1.807, 2.05) is 0 Å². The van der Waals surface area contributed by atoms with E-state index in [1.165, 1.54) is 12.0 Å². The Kier molecular flexibility index (Phi) is 4.72. The van der Waals surface area contributed by atoms with E-state index < -0.39 is 0 Å². The van der Waals surface area contributed by atoms with Crippen LogP contribution in [0, 0.1) is 0 Å². The second-order valence-corrected chi connectivity index (χ2v) is 4.43. The second kappa shape index (κ2) is 5.84. The molecule has 1 aromatic rings. The van der Waals surface area contributed by atoms with Crippen LogP contribution in [0.1, 0.15) is 10.4 Å². The molecule has 0 aliphatic heterocycles. The maximum atomic E-state index is 12.1. The van der Waals surface area contributed by atoms with Crippen molar-refractivity contribution in [2.45, 2.75) is 0 Å². The summed E-state index contributed by atoms with van der Waals surface area (Å²) in [5.41, 5.74) is 5.78. The van der Waals surface area contributed by atoms with Gasteiger partial charge in [-0.3, -0.25) is 4.79 Å². The Bertz CT molecular complexity index is 451. The van der Waals surface area contributed by atoms with Crippen molar-refractivity contribution in [1.29, 1.82) is 0 Å². The van der Waals surface area contributed by atoms with Crippen LogP contribution in [0.3, 0.4) is 0 Å². The van der Waals surface area contributed by atoms with Gasteiger partial charge in [-0.1, -0.05) is 23.8 Å². The van der Waals surface area contributed by atoms with Gasteiger partial charge < -0.3 is 15.4 Å². The van der Waals surface area contributed by atoms with Crippen molar-refractivity contribution in [2.24, 2.45) is 5.73 Å². The average Bonchev–Trinajstić information content (AvgIpc) is 2.27. The molecule has 1 rings (SSSR count). The van der Waals surface area contributed by atoms with Crippen molar-refractivity contribution in [3.8, 4) is 5.75 Å². The van der Waals surface area contributed by atoms with Gasteiger partial charge >= 0.3 is 0 Å². The summed E-state index contributed by atoms with van der Waals surface area (Å²) in [6, 6.07) is 4.85. The molecule has 2 N–H and O–H groups in total. The maximum Gasteiger partial charge on any atom is 0.257 e. The monoisotopic (exact) mass is 272 g/mol. The molecule has 0 radical (unpaired) electrons. The summed E-state index contributed by atoms with van der Waals surface area (Å²) in [5.74, 6) is 0.228. The fraction of sp³-hybridized carbons (Fsp3) is 0.273. The number of methoxy groups -OCH3 is 1. The Labute approximate surface area is 110 Å². The van der Waals surface area contributed by atoms with Crippen LogP contribution in [0.5, 0.6) is 5.75 Å². The maximum absolute atomic E-state index is 12.1. The standard InChI is InChI=1S/C11H13ClN2O2S/c1-14(6-10(13)17)11(15)8-5-7(12)3-4-9(8)16-2/h3-5H,6H2,1-2H3,(H2,13,17). The van der Waals surface area contributed by atoms with Gasteiger partial charge in [0.1, 0.15) is 5.75 Å². The number of amides is 1. The van der Waals surface area contributed by atoms with Crippen molar-refractivity contribution in [1.82, 2.24) is 4.90 Å². The highest BCUT2D eigenvalue weighted by Gasteiger charge is 2.17. The van der Waals surface area contributed by atoms with Gasteiger partial charge in [-0.15, -0.1) is 0 Å². The average molecular weight is 273 g/mol. The minimum atomic E-state index is -0.239. The van der Waals surface area contributed by atoms with Gasteiger partial charge in [0.25, 0.3) is 5.91 Å². The summed E-state index contributed by atoms with van der Waals surface area (Å²) in [5, 5.41) is 0.470.